The van der Waals surface area contributed by atoms with Gasteiger partial charge in [-0.2, -0.15) is 0 Å². The highest BCUT2D eigenvalue weighted by Crippen LogP contribution is 2.64. The van der Waals surface area contributed by atoms with Crippen LogP contribution in [0.2, 0.25) is 0 Å². The zero-order chi connectivity index (χ0) is 31.6. The molecule has 6 aliphatic rings. The van der Waals surface area contributed by atoms with Crippen LogP contribution in [0.5, 0.6) is 0 Å². The Morgan fingerprint density at radius 2 is 1.73 bits per heavy atom. The Morgan fingerprint density at radius 3 is 2.51 bits per heavy atom. The summed E-state index contributed by atoms with van der Waals surface area (Å²) >= 11 is 0. The fourth-order valence-corrected chi connectivity index (χ4v) is 11.1. The molecule has 4 saturated carbocycles. The summed E-state index contributed by atoms with van der Waals surface area (Å²) in [5, 5.41) is 3.25. The van der Waals surface area contributed by atoms with Crippen LogP contribution in [0.1, 0.15) is 122 Å². The molecule has 0 aromatic carbocycles. The van der Waals surface area contributed by atoms with E-state index in [2.05, 4.69) is 28.1 Å². The summed E-state index contributed by atoms with van der Waals surface area (Å²) in [6.07, 6.45) is 17.8. The number of fused-ring (bicyclic) bond motifs is 5. The molecule has 45 heavy (non-hydrogen) atoms. The minimum atomic E-state index is -0.146. The molecule has 7 rings (SSSR count). The number of nitrogens with zero attached hydrogens (tertiary/aromatic N) is 4. The van der Waals surface area contributed by atoms with Gasteiger partial charge in [-0.05, 0) is 117 Å². The van der Waals surface area contributed by atoms with Crippen LogP contribution < -0.4 is 5.32 Å². The number of likely N-dealkylation sites (N-methyl/N-ethyl adjacent to an activating group) is 1. The molecule has 8 atom stereocenters. The second kappa shape index (κ2) is 14.4. The molecule has 1 N–H and O–H groups in total. The first-order valence-electron chi connectivity index (χ1n) is 18.9. The molecule has 0 radical (unpaired) electrons. The number of rotatable bonds is 7. The van der Waals surface area contributed by atoms with Gasteiger partial charge in [0.15, 0.2) is 0 Å². The highest BCUT2D eigenvalue weighted by Gasteiger charge is 2.55. The minimum Gasteiger partial charge on any atom is -0.340 e. The van der Waals surface area contributed by atoms with Gasteiger partial charge in [0.1, 0.15) is 6.17 Å². The van der Waals surface area contributed by atoms with E-state index in [1.54, 1.807) is 4.90 Å². The highest BCUT2D eigenvalue weighted by molar-refractivity contribution is 5.80. The zero-order valence-electron chi connectivity index (χ0n) is 28.8. The third-order valence-electron chi connectivity index (χ3n) is 13.5. The van der Waals surface area contributed by atoms with Gasteiger partial charge in [-0.1, -0.05) is 39.7 Å². The van der Waals surface area contributed by atoms with Gasteiger partial charge in [0.2, 0.25) is 11.8 Å². The van der Waals surface area contributed by atoms with Gasteiger partial charge < -0.3 is 9.80 Å². The molecule has 0 spiro atoms. The molecule has 250 valence electrons. The number of nitrogens with one attached hydrogen (secondary N) is 1. The first-order chi connectivity index (χ1) is 21.9. The van der Waals surface area contributed by atoms with E-state index in [0.717, 1.165) is 92.5 Å². The number of aromatic nitrogens is 1. The van der Waals surface area contributed by atoms with E-state index in [4.69, 9.17) is 4.98 Å². The van der Waals surface area contributed by atoms with E-state index in [-0.39, 0.29) is 12.1 Å². The lowest BCUT2D eigenvalue weighted by atomic mass is 9.47. The molecular formula is C38H61N5O2. The molecule has 2 amide bonds. The van der Waals surface area contributed by atoms with Crippen LogP contribution in [0.4, 0.5) is 0 Å². The van der Waals surface area contributed by atoms with Crippen LogP contribution in [0.3, 0.4) is 0 Å². The van der Waals surface area contributed by atoms with Crippen LogP contribution in [-0.2, 0) is 16.1 Å². The largest absolute Gasteiger partial charge is 0.340 e. The topological polar surface area (TPSA) is 68.8 Å². The summed E-state index contributed by atoms with van der Waals surface area (Å²) in [6.45, 7) is 11.3. The SMILES string of the molecule is CC.CN1C(=O)CNC1c1cccc(CN2CCN(C(=O)CCCC3CCC4C3CCC3C4CCC4CCCCC43C)CC2)n1. The number of pyridine rings is 1. The number of piperazine rings is 1. The van der Waals surface area contributed by atoms with E-state index in [9.17, 15) is 9.59 Å². The zero-order valence-corrected chi connectivity index (χ0v) is 28.8. The van der Waals surface area contributed by atoms with Crippen molar-refractivity contribution in [2.24, 2.45) is 40.9 Å². The average molecular weight is 620 g/mol. The Morgan fingerprint density at radius 1 is 0.956 bits per heavy atom. The first kappa shape index (κ1) is 32.9. The third kappa shape index (κ3) is 6.72. The van der Waals surface area contributed by atoms with E-state index in [1.807, 2.05) is 33.0 Å². The second-order valence-electron chi connectivity index (χ2n) is 15.4. The molecule has 6 fully saturated rings. The molecule has 4 aliphatic carbocycles. The van der Waals surface area contributed by atoms with Gasteiger partial charge in [-0.15, -0.1) is 0 Å². The van der Waals surface area contributed by atoms with Gasteiger partial charge in [0, 0.05) is 46.2 Å². The monoisotopic (exact) mass is 619 g/mol. The molecule has 1 aromatic heterocycles. The standard InChI is InChI=1S/C36H55N5O2.C2H6/c1-36-18-4-3-8-26(36)13-15-30-29-14-12-25(28(29)16-17-31(30)36)7-5-11-33(42)41-21-19-40(20-22-41)24-27-9-6-10-32(38-27)35-37-23-34(43)39(35)2;1-2/h6,9-10,25-26,28-31,35,37H,3-5,7-8,11-24H2,1-2H3;1-2H3. The van der Waals surface area contributed by atoms with Crippen molar-refractivity contribution in [3.05, 3.63) is 29.6 Å². The van der Waals surface area contributed by atoms with Gasteiger partial charge in [0.05, 0.1) is 17.9 Å². The summed E-state index contributed by atoms with van der Waals surface area (Å²) < 4.78 is 0. The normalized spacial score (nSPS) is 36.5. The molecule has 2 aliphatic heterocycles. The Bertz CT molecular complexity index is 1170. The van der Waals surface area contributed by atoms with Crippen molar-refractivity contribution in [1.82, 2.24) is 25.0 Å². The predicted octanol–water partition coefficient (Wildman–Crippen LogP) is 6.64. The lowest BCUT2D eigenvalue weighted by Gasteiger charge is -2.58. The van der Waals surface area contributed by atoms with Gasteiger partial charge in [-0.3, -0.25) is 24.8 Å². The van der Waals surface area contributed by atoms with Crippen molar-refractivity contribution in [2.45, 2.75) is 117 Å². The highest BCUT2D eigenvalue weighted by atomic mass is 16.2. The lowest BCUT2D eigenvalue weighted by molar-refractivity contribution is -0.133. The molecule has 2 saturated heterocycles. The quantitative estimate of drug-likeness (QED) is 0.371. The molecule has 7 nitrogen and oxygen atoms in total. The number of carbonyl (C=O) groups excluding carboxylic acids is 2. The number of amides is 2. The van der Waals surface area contributed by atoms with Crippen molar-refractivity contribution >= 4 is 11.8 Å². The Hall–Kier alpha value is -1.99. The molecular weight excluding hydrogens is 558 g/mol. The van der Waals surface area contributed by atoms with Crippen LogP contribution >= 0.6 is 0 Å². The molecule has 0 bridgehead atoms. The first-order valence-corrected chi connectivity index (χ1v) is 18.9. The summed E-state index contributed by atoms with van der Waals surface area (Å²) in [4.78, 5) is 36.2. The molecule has 1 aromatic rings. The van der Waals surface area contributed by atoms with Crippen LogP contribution in [0, 0.1) is 40.9 Å². The molecule has 3 heterocycles. The van der Waals surface area contributed by atoms with Gasteiger partial charge >= 0.3 is 0 Å². The molecule has 8 unspecified atom stereocenters. The summed E-state index contributed by atoms with van der Waals surface area (Å²) in [5.74, 6) is 6.29. The van der Waals surface area contributed by atoms with Gasteiger partial charge in [0.25, 0.3) is 0 Å². The van der Waals surface area contributed by atoms with Crippen molar-refractivity contribution in [3.8, 4) is 0 Å². The van der Waals surface area contributed by atoms with Gasteiger partial charge in [-0.25, -0.2) is 0 Å². The maximum atomic E-state index is 13.2. The van der Waals surface area contributed by atoms with E-state index in [0.29, 0.717) is 17.9 Å². The van der Waals surface area contributed by atoms with Crippen LogP contribution in [0.15, 0.2) is 18.2 Å². The van der Waals surface area contributed by atoms with Crippen molar-refractivity contribution < 1.29 is 9.59 Å². The smallest absolute Gasteiger partial charge is 0.237 e. The Labute approximate surface area is 273 Å². The van der Waals surface area contributed by atoms with E-state index < -0.39 is 0 Å². The molecule has 7 heteroatoms. The van der Waals surface area contributed by atoms with E-state index in [1.165, 1.54) is 70.6 Å². The maximum absolute atomic E-state index is 13.2. The predicted molar refractivity (Wildman–Crippen MR) is 180 cm³/mol. The Kier molecular flexibility index (Phi) is 10.5. The van der Waals surface area contributed by atoms with Crippen molar-refractivity contribution in [1.29, 1.82) is 0 Å². The number of hydrogen-bond donors (Lipinski definition) is 1. The van der Waals surface area contributed by atoms with Crippen molar-refractivity contribution in [2.75, 3.05) is 39.8 Å². The minimum absolute atomic E-state index is 0.101. The second-order valence-corrected chi connectivity index (χ2v) is 15.4. The number of carbonyl (C=O) groups is 2. The summed E-state index contributed by atoms with van der Waals surface area (Å²) in [6, 6.07) is 6.10. The van der Waals surface area contributed by atoms with Crippen molar-refractivity contribution in [3.63, 3.8) is 0 Å². The van der Waals surface area contributed by atoms with E-state index >= 15 is 0 Å². The third-order valence-corrected chi connectivity index (χ3v) is 13.5. The fourth-order valence-electron chi connectivity index (χ4n) is 11.1. The van der Waals surface area contributed by atoms with Crippen LogP contribution in [-0.4, -0.2) is 71.3 Å². The Balaban J connectivity index is 0.00000175. The average Bonchev–Trinajstić information content (AvgIpc) is 3.64. The number of hydrogen-bond acceptors (Lipinski definition) is 5. The van der Waals surface area contributed by atoms with Crippen LogP contribution in [0.25, 0.3) is 0 Å². The maximum Gasteiger partial charge on any atom is 0.237 e. The summed E-state index contributed by atoms with van der Waals surface area (Å²) in [5.41, 5.74) is 2.57. The lowest BCUT2D eigenvalue weighted by Crippen LogP contribution is -2.50. The fraction of sp³-hybridized carbons (Fsp3) is 0.816. The summed E-state index contributed by atoms with van der Waals surface area (Å²) in [7, 11) is 1.83.